The Labute approximate surface area is 120 Å². The molecule has 2 aliphatic rings. The highest BCUT2D eigenvalue weighted by molar-refractivity contribution is 5.80. The summed E-state index contributed by atoms with van der Waals surface area (Å²) in [5, 5.41) is 12.1. The Morgan fingerprint density at radius 2 is 1.70 bits per heavy atom. The van der Waals surface area contributed by atoms with Crippen molar-refractivity contribution in [2.45, 2.75) is 57.8 Å². The standard InChI is InChI=1S/C15H26N2O3/c16-10-14(5-2-1-3-6-14)9-12(18)17-11-15(13(19)20)7-4-8-15/h1-11,16H2,(H,17,18)(H,19,20). The monoisotopic (exact) mass is 282 g/mol. The van der Waals surface area contributed by atoms with Crippen molar-refractivity contribution in [3.8, 4) is 0 Å². The third kappa shape index (κ3) is 3.14. The summed E-state index contributed by atoms with van der Waals surface area (Å²) in [4.78, 5) is 23.4. The number of amides is 1. The second kappa shape index (κ2) is 6.12. The minimum atomic E-state index is -0.782. The molecule has 0 aromatic carbocycles. The zero-order valence-corrected chi connectivity index (χ0v) is 12.1. The maximum atomic E-state index is 12.1. The van der Waals surface area contributed by atoms with E-state index in [2.05, 4.69) is 5.32 Å². The SMILES string of the molecule is NCC1(CC(=O)NCC2(C(=O)O)CCC2)CCCCC1. The van der Waals surface area contributed by atoms with Gasteiger partial charge in [-0.25, -0.2) is 0 Å². The molecule has 0 aliphatic heterocycles. The molecule has 0 saturated heterocycles. The molecule has 114 valence electrons. The Kier molecular flexibility index (Phi) is 4.68. The Balaban J connectivity index is 1.84. The number of hydrogen-bond donors (Lipinski definition) is 3. The van der Waals surface area contributed by atoms with Crippen LogP contribution >= 0.6 is 0 Å². The van der Waals surface area contributed by atoms with Crippen molar-refractivity contribution in [1.29, 1.82) is 0 Å². The molecule has 5 nitrogen and oxygen atoms in total. The molecule has 0 spiro atoms. The molecule has 4 N–H and O–H groups in total. The first-order valence-corrected chi connectivity index (χ1v) is 7.72. The van der Waals surface area contributed by atoms with E-state index < -0.39 is 11.4 Å². The van der Waals surface area contributed by atoms with Crippen molar-refractivity contribution in [1.82, 2.24) is 5.32 Å². The van der Waals surface area contributed by atoms with Gasteiger partial charge in [0.2, 0.25) is 5.91 Å². The van der Waals surface area contributed by atoms with Gasteiger partial charge in [0.15, 0.2) is 0 Å². The van der Waals surface area contributed by atoms with Crippen LogP contribution in [-0.4, -0.2) is 30.1 Å². The Hall–Kier alpha value is -1.10. The predicted octanol–water partition coefficient (Wildman–Crippen LogP) is 1.66. The highest BCUT2D eigenvalue weighted by atomic mass is 16.4. The minimum absolute atomic E-state index is 0.0372. The third-order valence-electron chi connectivity index (χ3n) is 5.27. The highest BCUT2D eigenvalue weighted by Gasteiger charge is 2.44. The third-order valence-corrected chi connectivity index (χ3v) is 5.27. The van der Waals surface area contributed by atoms with Crippen molar-refractivity contribution in [2.24, 2.45) is 16.6 Å². The molecule has 0 aromatic heterocycles. The maximum absolute atomic E-state index is 12.1. The Morgan fingerprint density at radius 3 is 2.15 bits per heavy atom. The molecule has 2 fully saturated rings. The van der Waals surface area contributed by atoms with Crippen LogP contribution in [0.3, 0.4) is 0 Å². The van der Waals surface area contributed by atoms with E-state index in [1.807, 2.05) is 0 Å². The summed E-state index contributed by atoms with van der Waals surface area (Å²) in [6.07, 6.45) is 8.27. The lowest BCUT2D eigenvalue weighted by Gasteiger charge is -2.39. The molecule has 0 unspecified atom stereocenters. The van der Waals surface area contributed by atoms with E-state index in [0.717, 1.165) is 32.1 Å². The van der Waals surface area contributed by atoms with Gasteiger partial charge < -0.3 is 16.2 Å². The van der Waals surface area contributed by atoms with E-state index in [0.29, 0.717) is 25.8 Å². The summed E-state index contributed by atoms with van der Waals surface area (Å²) >= 11 is 0. The van der Waals surface area contributed by atoms with E-state index in [1.54, 1.807) is 0 Å². The predicted molar refractivity (Wildman–Crippen MR) is 76.1 cm³/mol. The van der Waals surface area contributed by atoms with Gasteiger partial charge >= 0.3 is 5.97 Å². The Morgan fingerprint density at radius 1 is 1.05 bits per heavy atom. The van der Waals surface area contributed by atoms with Crippen molar-refractivity contribution in [3.63, 3.8) is 0 Å². The highest BCUT2D eigenvalue weighted by Crippen LogP contribution is 2.41. The lowest BCUT2D eigenvalue weighted by Crippen LogP contribution is -2.48. The van der Waals surface area contributed by atoms with Crippen molar-refractivity contribution in [3.05, 3.63) is 0 Å². The largest absolute Gasteiger partial charge is 0.481 e. The number of carbonyl (C=O) groups is 2. The van der Waals surface area contributed by atoms with Crippen LogP contribution in [0.25, 0.3) is 0 Å². The van der Waals surface area contributed by atoms with Gasteiger partial charge in [0.25, 0.3) is 0 Å². The molecule has 20 heavy (non-hydrogen) atoms. The molecule has 0 bridgehead atoms. The number of carboxylic acids is 1. The van der Waals surface area contributed by atoms with Gasteiger partial charge in [0.05, 0.1) is 5.41 Å². The molecule has 5 heteroatoms. The van der Waals surface area contributed by atoms with Crippen LogP contribution in [0.5, 0.6) is 0 Å². The molecule has 0 radical (unpaired) electrons. The van der Waals surface area contributed by atoms with Crippen LogP contribution < -0.4 is 11.1 Å². The second-order valence-electron chi connectivity index (χ2n) is 6.66. The van der Waals surface area contributed by atoms with Gasteiger partial charge in [0.1, 0.15) is 0 Å². The van der Waals surface area contributed by atoms with Gasteiger partial charge in [-0.3, -0.25) is 9.59 Å². The van der Waals surface area contributed by atoms with Gasteiger partial charge in [-0.05, 0) is 37.6 Å². The average Bonchev–Trinajstić information content (AvgIpc) is 2.38. The van der Waals surface area contributed by atoms with Crippen LogP contribution in [0.2, 0.25) is 0 Å². The molecule has 2 saturated carbocycles. The first-order chi connectivity index (χ1) is 9.52. The van der Waals surface area contributed by atoms with E-state index in [9.17, 15) is 14.7 Å². The molecule has 0 aromatic rings. The summed E-state index contributed by atoms with van der Waals surface area (Å²) in [5.74, 6) is -0.819. The van der Waals surface area contributed by atoms with Gasteiger partial charge in [-0.15, -0.1) is 0 Å². The number of nitrogens with one attached hydrogen (secondary N) is 1. The fourth-order valence-electron chi connectivity index (χ4n) is 3.50. The van der Waals surface area contributed by atoms with Gasteiger partial charge in [0, 0.05) is 13.0 Å². The number of hydrogen-bond acceptors (Lipinski definition) is 3. The van der Waals surface area contributed by atoms with Crippen LogP contribution in [0.4, 0.5) is 0 Å². The first kappa shape index (κ1) is 15.3. The molecule has 0 atom stereocenters. The molecule has 0 heterocycles. The smallest absolute Gasteiger partial charge is 0.311 e. The topological polar surface area (TPSA) is 92.4 Å². The summed E-state index contributed by atoms with van der Waals surface area (Å²) < 4.78 is 0. The molecule has 2 rings (SSSR count). The summed E-state index contributed by atoms with van der Waals surface area (Å²) in [5.41, 5.74) is 5.11. The average molecular weight is 282 g/mol. The van der Waals surface area contributed by atoms with E-state index in [1.165, 1.54) is 6.42 Å². The molecule has 2 aliphatic carbocycles. The normalized spacial score (nSPS) is 23.6. The maximum Gasteiger partial charge on any atom is 0.311 e. The molecule has 1 amide bonds. The number of carbonyl (C=O) groups excluding carboxylic acids is 1. The molecular formula is C15H26N2O3. The number of nitrogens with two attached hydrogens (primary N) is 1. The zero-order chi connectivity index (χ0) is 14.6. The summed E-state index contributed by atoms with van der Waals surface area (Å²) in [6, 6.07) is 0. The van der Waals surface area contributed by atoms with E-state index >= 15 is 0 Å². The number of rotatable bonds is 6. The van der Waals surface area contributed by atoms with Crippen LogP contribution in [0.15, 0.2) is 0 Å². The van der Waals surface area contributed by atoms with Crippen molar-refractivity contribution < 1.29 is 14.7 Å². The zero-order valence-electron chi connectivity index (χ0n) is 12.1. The quantitative estimate of drug-likeness (QED) is 0.690. The summed E-state index contributed by atoms with van der Waals surface area (Å²) in [6.45, 7) is 0.812. The van der Waals surface area contributed by atoms with Crippen LogP contribution in [-0.2, 0) is 9.59 Å². The van der Waals surface area contributed by atoms with Crippen LogP contribution in [0, 0.1) is 10.8 Å². The lowest BCUT2D eigenvalue weighted by atomic mass is 9.68. The number of aliphatic carboxylic acids is 1. The number of carboxylic acid groups (broad SMARTS) is 1. The van der Waals surface area contributed by atoms with Gasteiger partial charge in [-0.2, -0.15) is 0 Å². The summed E-state index contributed by atoms with van der Waals surface area (Å²) in [7, 11) is 0. The van der Waals surface area contributed by atoms with E-state index in [-0.39, 0.29) is 17.9 Å². The minimum Gasteiger partial charge on any atom is -0.481 e. The van der Waals surface area contributed by atoms with Crippen molar-refractivity contribution >= 4 is 11.9 Å². The van der Waals surface area contributed by atoms with Crippen molar-refractivity contribution in [2.75, 3.05) is 13.1 Å². The van der Waals surface area contributed by atoms with E-state index in [4.69, 9.17) is 5.73 Å². The lowest BCUT2D eigenvalue weighted by molar-refractivity contribution is -0.154. The Bertz CT molecular complexity index is 371. The molecular weight excluding hydrogens is 256 g/mol. The first-order valence-electron chi connectivity index (χ1n) is 7.72. The van der Waals surface area contributed by atoms with Gasteiger partial charge in [-0.1, -0.05) is 25.7 Å². The van der Waals surface area contributed by atoms with Crippen LogP contribution in [0.1, 0.15) is 57.8 Å². The fourth-order valence-corrected chi connectivity index (χ4v) is 3.50. The fraction of sp³-hybridized carbons (Fsp3) is 0.867. The second-order valence-corrected chi connectivity index (χ2v) is 6.66.